The van der Waals surface area contributed by atoms with Gasteiger partial charge in [-0.25, -0.2) is 4.39 Å². The molecule has 1 amide bonds. The van der Waals surface area contributed by atoms with Crippen molar-refractivity contribution in [3.05, 3.63) is 71.7 Å². The number of aliphatic imine (C=N–C) groups is 1. The van der Waals surface area contributed by atoms with Crippen LogP contribution in [0.1, 0.15) is 11.1 Å². The minimum atomic E-state index is -0.250. The molecule has 0 fully saturated rings. The number of nitrogens with one attached hydrogen (secondary N) is 4. The zero-order valence-corrected chi connectivity index (χ0v) is 15.8. The standard InChI is InChI=1S/C21H24FN5O/c1-23-21(27-14-20(28)26-12-15-5-3-2-4-6-15)24-10-9-16-13-25-19-8-7-17(22)11-18(16)19/h2-8,11,13,25H,9-10,12,14H2,1H3,(H,26,28)(H2,23,24,27). The molecule has 1 aromatic heterocycles. The van der Waals surface area contributed by atoms with Crippen LogP contribution in [-0.4, -0.2) is 37.0 Å². The first kappa shape index (κ1) is 19.4. The number of nitrogens with zero attached hydrogens (tertiary/aromatic N) is 1. The molecular formula is C21H24FN5O. The number of aromatic amines is 1. The molecule has 146 valence electrons. The molecule has 4 N–H and O–H groups in total. The highest BCUT2D eigenvalue weighted by molar-refractivity contribution is 5.86. The van der Waals surface area contributed by atoms with E-state index in [1.807, 2.05) is 36.5 Å². The quantitative estimate of drug-likeness (QED) is 0.375. The molecule has 3 rings (SSSR count). The Morgan fingerprint density at radius 1 is 1.11 bits per heavy atom. The summed E-state index contributed by atoms with van der Waals surface area (Å²) in [6, 6.07) is 14.4. The molecule has 0 aliphatic carbocycles. The predicted octanol–water partition coefficient (Wildman–Crippen LogP) is 2.33. The summed E-state index contributed by atoms with van der Waals surface area (Å²) in [5, 5.41) is 9.90. The van der Waals surface area contributed by atoms with Gasteiger partial charge in [0.05, 0.1) is 6.54 Å². The van der Waals surface area contributed by atoms with Crippen LogP contribution in [0.4, 0.5) is 4.39 Å². The molecule has 0 bridgehead atoms. The highest BCUT2D eigenvalue weighted by Gasteiger charge is 2.06. The van der Waals surface area contributed by atoms with E-state index in [1.165, 1.54) is 12.1 Å². The minimum Gasteiger partial charge on any atom is -0.361 e. The van der Waals surface area contributed by atoms with Crippen LogP contribution < -0.4 is 16.0 Å². The molecule has 0 unspecified atom stereocenters. The van der Waals surface area contributed by atoms with Crippen molar-refractivity contribution in [1.82, 2.24) is 20.9 Å². The average Bonchev–Trinajstić information content (AvgIpc) is 3.11. The summed E-state index contributed by atoms with van der Waals surface area (Å²) in [5.41, 5.74) is 2.99. The Bertz CT molecular complexity index is 952. The molecule has 0 aliphatic rings. The molecule has 0 spiro atoms. The summed E-state index contributed by atoms with van der Waals surface area (Å²) in [7, 11) is 1.65. The second-order valence-corrected chi connectivity index (χ2v) is 6.37. The topological polar surface area (TPSA) is 81.3 Å². The molecule has 0 atom stereocenters. The van der Waals surface area contributed by atoms with Crippen molar-refractivity contribution in [3.8, 4) is 0 Å². The fraction of sp³-hybridized carbons (Fsp3) is 0.238. The van der Waals surface area contributed by atoms with Crippen molar-refractivity contribution in [2.45, 2.75) is 13.0 Å². The van der Waals surface area contributed by atoms with Gasteiger partial charge in [0.25, 0.3) is 0 Å². The van der Waals surface area contributed by atoms with Crippen LogP contribution in [0.25, 0.3) is 10.9 Å². The monoisotopic (exact) mass is 381 g/mol. The van der Waals surface area contributed by atoms with Crippen LogP contribution in [0.5, 0.6) is 0 Å². The normalized spacial score (nSPS) is 11.4. The lowest BCUT2D eigenvalue weighted by molar-refractivity contribution is -0.120. The van der Waals surface area contributed by atoms with Crippen molar-refractivity contribution in [2.24, 2.45) is 4.99 Å². The third kappa shape index (κ3) is 5.33. The Labute approximate surface area is 163 Å². The SMILES string of the molecule is CN=C(NCCc1c[nH]c2ccc(F)cc12)NCC(=O)NCc1ccccc1. The van der Waals surface area contributed by atoms with E-state index >= 15 is 0 Å². The van der Waals surface area contributed by atoms with Gasteiger partial charge in [-0.2, -0.15) is 0 Å². The maximum absolute atomic E-state index is 13.4. The number of halogens is 1. The number of aromatic nitrogens is 1. The lowest BCUT2D eigenvalue weighted by atomic mass is 10.1. The van der Waals surface area contributed by atoms with E-state index in [9.17, 15) is 9.18 Å². The van der Waals surface area contributed by atoms with Gasteiger partial charge in [-0.15, -0.1) is 0 Å². The Balaban J connectivity index is 1.42. The first-order chi connectivity index (χ1) is 13.7. The number of fused-ring (bicyclic) bond motifs is 1. The van der Waals surface area contributed by atoms with Crippen molar-refractivity contribution in [3.63, 3.8) is 0 Å². The van der Waals surface area contributed by atoms with Gasteiger partial charge in [0.2, 0.25) is 5.91 Å². The fourth-order valence-electron chi connectivity index (χ4n) is 2.92. The average molecular weight is 381 g/mol. The molecular weight excluding hydrogens is 357 g/mol. The largest absolute Gasteiger partial charge is 0.361 e. The number of hydrogen-bond donors (Lipinski definition) is 4. The number of carbonyl (C=O) groups excluding carboxylic acids is 1. The molecule has 7 heteroatoms. The minimum absolute atomic E-state index is 0.112. The highest BCUT2D eigenvalue weighted by Crippen LogP contribution is 2.19. The molecule has 1 heterocycles. The second kappa shape index (κ2) is 9.55. The number of carbonyl (C=O) groups is 1. The van der Waals surface area contributed by atoms with Crippen LogP contribution >= 0.6 is 0 Å². The Kier molecular flexibility index (Phi) is 6.62. The number of amides is 1. The van der Waals surface area contributed by atoms with E-state index in [-0.39, 0.29) is 18.3 Å². The van der Waals surface area contributed by atoms with E-state index < -0.39 is 0 Å². The van der Waals surface area contributed by atoms with E-state index in [0.717, 1.165) is 22.0 Å². The number of rotatable bonds is 7. The Morgan fingerprint density at radius 2 is 1.93 bits per heavy atom. The first-order valence-corrected chi connectivity index (χ1v) is 9.16. The van der Waals surface area contributed by atoms with Gasteiger partial charge < -0.3 is 20.9 Å². The summed E-state index contributed by atoms with van der Waals surface area (Å²) in [6.07, 6.45) is 2.59. The van der Waals surface area contributed by atoms with Crippen LogP contribution in [-0.2, 0) is 17.8 Å². The lowest BCUT2D eigenvalue weighted by Crippen LogP contribution is -2.43. The highest BCUT2D eigenvalue weighted by atomic mass is 19.1. The van der Waals surface area contributed by atoms with E-state index in [4.69, 9.17) is 0 Å². The zero-order valence-electron chi connectivity index (χ0n) is 15.8. The summed E-state index contributed by atoms with van der Waals surface area (Å²) in [4.78, 5) is 19.2. The second-order valence-electron chi connectivity index (χ2n) is 6.37. The number of guanidine groups is 1. The summed E-state index contributed by atoms with van der Waals surface area (Å²) < 4.78 is 13.4. The van der Waals surface area contributed by atoms with Crippen molar-refractivity contribution in [1.29, 1.82) is 0 Å². The van der Waals surface area contributed by atoms with Crippen LogP contribution in [0, 0.1) is 5.82 Å². The number of benzene rings is 2. The van der Waals surface area contributed by atoms with Gasteiger partial charge in [-0.05, 0) is 35.7 Å². The third-order valence-electron chi connectivity index (χ3n) is 4.39. The Hall–Kier alpha value is -3.35. The molecule has 6 nitrogen and oxygen atoms in total. The molecule has 3 aromatic rings. The van der Waals surface area contributed by atoms with Crippen LogP contribution in [0.3, 0.4) is 0 Å². The van der Waals surface area contributed by atoms with Gasteiger partial charge >= 0.3 is 0 Å². The predicted molar refractivity (Wildman–Crippen MR) is 110 cm³/mol. The smallest absolute Gasteiger partial charge is 0.239 e. The third-order valence-corrected chi connectivity index (χ3v) is 4.39. The number of H-pyrrole nitrogens is 1. The Morgan fingerprint density at radius 3 is 2.71 bits per heavy atom. The fourth-order valence-corrected chi connectivity index (χ4v) is 2.92. The van der Waals surface area contributed by atoms with Gasteiger partial charge in [-0.1, -0.05) is 30.3 Å². The van der Waals surface area contributed by atoms with E-state index in [0.29, 0.717) is 25.5 Å². The van der Waals surface area contributed by atoms with Gasteiger partial charge in [-0.3, -0.25) is 9.79 Å². The molecule has 0 saturated carbocycles. The van der Waals surface area contributed by atoms with Crippen molar-refractivity contribution in [2.75, 3.05) is 20.1 Å². The molecule has 2 aromatic carbocycles. The molecule has 28 heavy (non-hydrogen) atoms. The maximum atomic E-state index is 13.4. The summed E-state index contributed by atoms with van der Waals surface area (Å²) >= 11 is 0. The van der Waals surface area contributed by atoms with E-state index in [1.54, 1.807) is 13.1 Å². The van der Waals surface area contributed by atoms with Gasteiger partial charge in [0.1, 0.15) is 5.82 Å². The first-order valence-electron chi connectivity index (χ1n) is 9.16. The maximum Gasteiger partial charge on any atom is 0.239 e. The molecule has 0 radical (unpaired) electrons. The summed E-state index contributed by atoms with van der Waals surface area (Å²) in [6.45, 7) is 1.23. The van der Waals surface area contributed by atoms with Crippen LogP contribution in [0.15, 0.2) is 59.7 Å². The summed E-state index contributed by atoms with van der Waals surface area (Å²) in [5.74, 6) is 0.181. The van der Waals surface area contributed by atoms with Crippen molar-refractivity contribution < 1.29 is 9.18 Å². The van der Waals surface area contributed by atoms with Gasteiger partial charge in [0.15, 0.2) is 5.96 Å². The van der Waals surface area contributed by atoms with Crippen LogP contribution in [0.2, 0.25) is 0 Å². The lowest BCUT2D eigenvalue weighted by Gasteiger charge is -2.12. The number of hydrogen-bond acceptors (Lipinski definition) is 2. The molecule has 0 saturated heterocycles. The zero-order chi connectivity index (χ0) is 19.8. The molecule has 0 aliphatic heterocycles. The van der Waals surface area contributed by atoms with Gasteiger partial charge in [0, 0.05) is 37.2 Å². The van der Waals surface area contributed by atoms with Crippen molar-refractivity contribution >= 4 is 22.8 Å². The van der Waals surface area contributed by atoms with E-state index in [2.05, 4.69) is 25.9 Å².